The number of fused-ring (bicyclic) bond motifs is 1. The molecule has 0 saturated heterocycles. The molecule has 7 nitrogen and oxygen atoms in total. The van der Waals surface area contributed by atoms with Gasteiger partial charge in [-0.15, -0.1) is 13.2 Å². The van der Waals surface area contributed by atoms with Crippen molar-refractivity contribution in [3.63, 3.8) is 0 Å². The van der Waals surface area contributed by atoms with Gasteiger partial charge in [-0.3, -0.25) is 4.79 Å². The van der Waals surface area contributed by atoms with Crippen LogP contribution in [0.2, 0.25) is 0 Å². The van der Waals surface area contributed by atoms with Gasteiger partial charge in [-0.2, -0.15) is 0 Å². The highest BCUT2D eigenvalue weighted by Crippen LogP contribution is 2.32. The number of amides is 1. The predicted molar refractivity (Wildman–Crippen MR) is 143 cm³/mol. The Hall–Kier alpha value is -3.05. The lowest BCUT2D eigenvalue weighted by Gasteiger charge is -2.41. The van der Waals surface area contributed by atoms with Crippen LogP contribution in [-0.4, -0.2) is 61.5 Å². The molecule has 1 heterocycles. The van der Waals surface area contributed by atoms with Gasteiger partial charge in [-0.1, -0.05) is 18.2 Å². The second kappa shape index (κ2) is 11.6. The number of aromatic nitrogens is 1. The van der Waals surface area contributed by atoms with Gasteiger partial charge in [0.1, 0.15) is 5.75 Å². The van der Waals surface area contributed by atoms with E-state index in [1.165, 1.54) is 18.2 Å². The Balaban J connectivity index is 1.48. The third-order valence-electron chi connectivity index (χ3n) is 7.46. The third-order valence-corrected chi connectivity index (χ3v) is 9.32. The molecule has 0 radical (unpaired) electrons. The Morgan fingerprint density at radius 3 is 2.51 bits per heavy atom. The predicted octanol–water partition coefficient (Wildman–Crippen LogP) is 5.08. The molecule has 1 aliphatic rings. The quantitative estimate of drug-likeness (QED) is 0.378. The van der Waals surface area contributed by atoms with Gasteiger partial charge in [0, 0.05) is 34.7 Å². The lowest BCUT2D eigenvalue weighted by atomic mass is 9.81. The molecule has 2 aromatic carbocycles. The van der Waals surface area contributed by atoms with E-state index in [0.29, 0.717) is 35.5 Å². The molecule has 3 aromatic rings. The van der Waals surface area contributed by atoms with Crippen molar-refractivity contribution in [1.82, 2.24) is 15.2 Å². The largest absolute Gasteiger partial charge is 0.573 e. The first-order valence-electron chi connectivity index (χ1n) is 13.0. The van der Waals surface area contributed by atoms with E-state index in [9.17, 15) is 26.4 Å². The van der Waals surface area contributed by atoms with Crippen molar-refractivity contribution in [3.8, 4) is 5.75 Å². The maximum absolute atomic E-state index is 13.2. The Morgan fingerprint density at radius 1 is 1.13 bits per heavy atom. The molecule has 1 fully saturated rings. The van der Waals surface area contributed by atoms with Crippen LogP contribution in [0.25, 0.3) is 10.9 Å². The van der Waals surface area contributed by atoms with Crippen LogP contribution in [0.4, 0.5) is 13.2 Å². The molecule has 3 atom stereocenters. The Labute approximate surface area is 226 Å². The molecule has 4 rings (SSSR count). The molecule has 0 aliphatic heterocycles. The lowest BCUT2D eigenvalue weighted by molar-refractivity contribution is -0.274. The topological polar surface area (TPSA) is 91.5 Å². The average molecular weight is 566 g/mol. The number of hydrogen-bond acceptors (Lipinski definition) is 5. The van der Waals surface area contributed by atoms with Crippen LogP contribution >= 0.6 is 0 Å². The van der Waals surface area contributed by atoms with E-state index in [4.69, 9.17) is 0 Å². The minimum atomic E-state index is -4.79. The van der Waals surface area contributed by atoms with Crippen molar-refractivity contribution in [2.24, 2.45) is 5.92 Å². The molecule has 1 saturated carbocycles. The number of aromatic amines is 1. The summed E-state index contributed by atoms with van der Waals surface area (Å²) in [4.78, 5) is 18.6. The maximum Gasteiger partial charge on any atom is 0.573 e. The van der Waals surface area contributed by atoms with Gasteiger partial charge in [0.25, 0.3) is 0 Å². The molecule has 0 bridgehead atoms. The number of hydrogen-bond donors (Lipinski definition) is 2. The number of benzene rings is 2. The first-order valence-corrected chi connectivity index (χ1v) is 14.6. The van der Waals surface area contributed by atoms with E-state index >= 15 is 0 Å². The number of sulfone groups is 1. The summed E-state index contributed by atoms with van der Waals surface area (Å²) < 4.78 is 68.1. The van der Waals surface area contributed by atoms with E-state index in [0.717, 1.165) is 6.42 Å². The number of ether oxygens (including phenoxy) is 1. The van der Waals surface area contributed by atoms with Crippen molar-refractivity contribution >= 4 is 26.6 Å². The SMILES string of the molecule is CC(C)N(C)[C@H]1CC[C@H](NC(=O)Cc2cc3cc(OC(F)(F)F)ccc3[nH]2)[C@@H](CS(=O)(=O)c2ccccc2)C1. The molecule has 2 N–H and O–H groups in total. The third kappa shape index (κ3) is 7.54. The fourth-order valence-electron chi connectivity index (χ4n) is 5.30. The van der Waals surface area contributed by atoms with Crippen molar-refractivity contribution in [2.75, 3.05) is 12.8 Å². The van der Waals surface area contributed by atoms with Gasteiger partial charge in [-0.25, -0.2) is 8.42 Å². The zero-order chi connectivity index (χ0) is 28.4. The fourth-order valence-corrected chi connectivity index (χ4v) is 7.00. The molecular formula is C28H34F3N3O4S. The minimum absolute atomic E-state index is 0.0197. The minimum Gasteiger partial charge on any atom is -0.406 e. The molecule has 212 valence electrons. The van der Waals surface area contributed by atoms with Gasteiger partial charge in [0.15, 0.2) is 9.84 Å². The summed E-state index contributed by atoms with van der Waals surface area (Å²) in [7, 11) is -1.52. The molecule has 1 aromatic heterocycles. The van der Waals surface area contributed by atoms with Crippen LogP contribution in [-0.2, 0) is 21.1 Å². The van der Waals surface area contributed by atoms with Crippen LogP contribution < -0.4 is 10.1 Å². The van der Waals surface area contributed by atoms with Crippen LogP contribution in [0.3, 0.4) is 0 Å². The number of halogens is 3. The van der Waals surface area contributed by atoms with Crippen LogP contribution in [0.15, 0.2) is 59.5 Å². The zero-order valence-corrected chi connectivity index (χ0v) is 23.0. The molecule has 39 heavy (non-hydrogen) atoms. The molecule has 11 heteroatoms. The summed E-state index contributed by atoms with van der Waals surface area (Å²) in [6.45, 7) is 4.20. The maximum atomic E-state index is 13.2. The van der Waals surface area contributed by atoms with E-state index in [1.807, 2.05) is 7.05 Å². The average Bonchev–Trinajstić information content (AvgIpc) is 3.25. The van der Waals surface area contributed by atoms with E-state index in [1.54, 1.807) is 36.4 Å². The highest BCUT2D eigenvalue weighted by Gasteiger charge is 2.37. The number of H-pyrrole nitrogens is 1. The zero-order valence-electron chi connectivity index (χ0n) is 22.2. The number of alkyl halides is 3. The molecular weight excluding hydrogens is 531 g/mol. The highest BCUT2D eigenvalue weighted by atomic mass is 32.2. The summed E-state index contributed by atoms with van der Waals surface area (Å²) >= 11 is 0. The number of nitrogens with one attached hydrogen (secondary N) is 2. The van der Waals surface area contributed by atoms with Crippen molar-refractivity contribution in [1.29, 1.82) is 0 Å². The van der Waals surface area contributed by atoms with E-state index in [-0.39, 0.29) is 46.7 Å². The Morgan fingerprint density at radius 2 is 1.85 bits per heavy atom. The first kappa shape index (κ1) is 28.9. The first-order chi connectivity index (χ1) is 18.3. The Kier molecular flexibility index (Phi) is 8.60. The molecule has 1 amide bonds. The summed E-state index contributed by atoms with van der Waals surface area (Å²) in [6.07, 6.45) is -2.70. The van der Waals surface area contributed by atoms with Crippen LogP contribution in [0.5, 0.6) is 5.75 Å². The van der Waals surface area contributed by atoms with Crippen LogP contribution in [0, 0.1) is 5.92 Å². The smallest absolute Gasteiger partial charge is 0.406 e. The second-order valence-electron chi connectivity index (χ2n) is 10.5. The summed E-state index contributed by atoms with van der Waals surface area (Å²) in [5, 5.41) is 3.54. The highest BCUT2D eigenvalue weighted by molar-refractivity contribution is 7.91. The number of nitrogens with zero attached hydrogens (tertiary/aromatic N) is 1. The monoisotopic (exact) mass is 565 g/mol. The van der Waals surface area contributed by atoms with Crippen LogP contribution in [0.1, 0.15) is 38.8 Å². The number of rotatable bonds is 9. The van der Waals surface area contributed by atoms with Crippen molar-refractivity contribution in [3.05, 3.63) is 60.3 Å². The normalized spacial score (nSPS) is 20.5. The summed E-state index contributed by atoms with van der Waals surface area (Å²) in [5.41, 5.74) is 1.12. The Bertz CT molecular complexity index is 1390. The lowest BCUT2D eigenvalue weighted by Crippen LogP contribution is -2.51. The summed E-state index contributed by atoms with van der Waals surface area (Å²) in [6, 6.07) is 14.1. The van der Waals surface area contributed by atoms with Crippen molar-refractivity contribution in [2.45, 2.75) is 68.9 Å². The molecule has 0 unspecified atom stereocenters. The van der Waals surface area contributed by atoms with Crippen molar-refractivity contribution < 1.29 is 31.1 Å². The standard InChI is InChI=1S/C28H34F3N3O4S/c1-18(2)34(3)22-9-11-26(20(14-22)17-39(36,37)24-7-5-4-6-8-24)33-27(35)16-21-13-19-15-23(38-28(29,30)31)10-12-25(19)32-21/h4-8,10,12-13,15,18,20,22,26,32H,9,11,14,16-17H2,1-3H3,(H,33,35)/t20-,22+,26+/m1/s1. The fraction of sp³-hybridized carbons (Fsp3) is 0.464. The second-order valence-corrected chi connectivity index (χ2v) is 12.6. The van der Waals surface area contributed by atoms with Gasteiger partial charge >= 0.3 is 6.36 Å². The van der Waals surface area contributed by atoms with Gasteiger partial charge < -0.3 is 19.9 Å². The summed E-state index contributed by atoms with van der Waals surface area (Å²) in [5.74, 6) is -0.964. The molecule has 0 spiro atoms. The number of carbonyl (C=O) groups excluding carboxylic acids is 1. The molecule has 1 aliphatic carbocycles. The van der Waals surface area contributed by atoms with Gasteiger partial charge in [0.2, 0.25) is 5.91 Å². The van der Waals surface area contributed by atoms with E-state index in [2.05, 4.69) is 33.8 Å². The number of carbonyl (C=O) groups is 1. The van der Waals surface area contributed by atoms with Gasteiger partial charge in [-0.05, 0) is 82.5 Å². The van der Waals surface area contributed by atoms with Gasteiger partial charge in [0.05, 0.1) is 17.1 Å². The van der Waals surface area contributed by atoms with E-state index < -0.39 is 16.2 Å².